The first-order chi connectivity index (χ1) is 15.3. The molecule has 150 valence electrons. The van der Waals surface area contributed by atoms with Crippen molar-refractivity contribution in [3.05, 3.63) is 77.9 Å². The molecule has 4 aromatic carbocycles. The molecule has 6 rings (SSSR count). The summed E-state index contributed by atoms with van der Waals surface area (Å²) in [6.07, 6.45) is 3.92. The summed E-state index contributed by atoms with van der Waals surface area (Å²) in [6, 6.07) is 23.9. The van der Waals surface area contributed by atoms with Crippen LogP contribution in [0.25, 0.3) is 43.4 Å². The molecule has 0 amide bonds. The molecule has 0 fully saturated rings. The summed E-state index contributed by atoms with van der Waals surface area (Å²) < 4.78 is 0. The molecule has 1 N–H and O–H groups in total. The van der Waals surface area contributed by atoms with Crippen molar-refractivity contribution in [2.24, 2.45) is 9.98 Å². The number of hydrogen-bond donors (Lipinski definition) is 1. The second kappa shape index (κ2) is 7.56. The first-order valence-electron chi connectivity index (χ1n) is 10.8. The molecule has 0 saturated heterocycles. The number of rotatable bonds is 0. The maximum absolute atomic E-state index is 5.21. The maximum atomic E-state index is 5.21. The van der Waals surface area contributed by atoms with Gasteiger partial charge in [-0.3, -0.25) is 9.98 Å². The summed E-state index contributed by atoms with van der Waals surface area (Å²) in [4.78, 5) is 14.4. The highest BCUT2D eigenvalue weighted by atomic mass is 14.9. The highest BCUT2D eigenvalue weighted by Gasteiger charge is 2.08. The average molecular weight is 403 g/mol. The lowest BCUT2D eigenvalue weighted by Gasteiger charge is -2.09. The molecule has 1 aromatic heterocycles. The zero-order valence-electron chi connectivity index (χ0n) is 17.2. The standard InChI is InChI=1S/C27H22N4/c1-3-20-5-7-22-15-23-8-6-21-4-2-19-14-25(21)27(23)31-26(22)24(20)13-18(1)16-29-11-9-28-10-12-30-17-19/h1-8,13-17,28H,9-12H2. The number of aromatic nitrogens is 1. The van der Waals surface area contributed by atoms with Gasteiger partial charge in [-0.25, -0.2) is 4.98 Å². The fraction of sp³-hybridized carbons (Fsp3) is 0.148. The Bertz CT molecular complexity index is 1400. The predicted octanol–water partition coefficient (Wildman–Crippen LogP) is 5.14. The number of nitrogens with one attached hydrogen (secondary N) is 1. The van der Waals surface area contributed by atoms with E-state index in [1.54, 1.807) is 0 Å². The third-order valence-corrected chi connectivity index (χ3v) is 5.95. The number of fused-ring (bicyclic) bond motifs is 2. The molecule has 4 nitrogen and oxygen atoms in total. The lowest BCUT2D eigenvalue weighted by Crippen LogP contribution is -2.20. The van der Waals surface area contributed by atoms with Gasteiger partial charge in [-0.2, -0.15) is 0 Å². The minimum atomic E-state index is 0.750. The quantitative estimate of drug-likeness (QED) is 0.288. The summed E-state index contributed by atoms with van der Waals surface area (Å²) in [5.74, 6) is 0. The number of pyridine rings is 1. The van der Waals surface area contributed by atoms with Crippen molar-refractivity contribution in [3.8, 4) is 0 Å². The molecule has 1 aliphatic heterocycles. The van der Waals surface area contributed by atoms with Crippen molar-refractivity contribution >= 4 is 55.8 Å². The van der Waals surface area contributed by atoms with Gasteiger partial charge in [0.15, 0.2) is 0 Å². The Morgan fingerprint density at radius 3 is 1.58 bits per heavy atom. The maximum Gasteiger partial charge on any atom is 0.0788 e. The molecule has 31 heavy (non-hydrogen) atoms. The van der Waals surface area contributed by atoms with E-state index in [4.69, 9.17) is 4.98 Å². The van der Waals surface area contributed by atoms with Crippen molar-refractivity contribution in [3.63, 3.8) is 0 Å². The van der Waals surface area contributed by atoms with Crippen LogP contribution in [0.2, 0.25) is 0 Å². The van der Waals surface area contributed by atoms with Gasteiger partial charge in [0.2, 0.25) is 0 Å². The van der Waals surface area contributed by atoms with E-state index in [2.05, 4.69) is 82.0 Å². The zero-order chi connectivity index (χ0) is 20.6. The molecule has 1 aliphatic rings. The van der Waals surface area contributed by atoms with Crippen LogP contribution in [0, 0.1) is 0 Å². The normalized spacial score (nSPS) is 14.8. The number of aliphatic imine (C=N–C) groups is 2. The Hall–Kier alpha value is -3.63. The first-order valence-corrected chi connectivity index (χ1v) is 10.8. The SMILES string of the molecule is C1=NCCNCCN=Cc2ccc3ccc4cc5ccc6ccc1cc6c5nc4c3c2. The molecular formula is C27H22N4. The van der Waals surface area contributed by atoms with E-state index in [9.17, 15) is 0 Å². The van der Waals surface area contributed by atoms with E-state index in [1.807, 2.05) is 12.4 Å². The second-order valence-corrected chi connectivity index (χ2v) is 8.04. The Labute approximate surface area is 180 Å². The van der Waals surface area contributed by atoms with E-state index in [0.29, 0.717) is 0 Å². The Kier molecular flexibility index (Phi) is 4.43. The summed E-state index contributed by atoms with van der Waals surface area (Å²) >= 11 is 0. The van der Waals surface area contributed by atoms with Gasteiger partial charge in [0, 0.05) is 47.1 Å². The average Bonchev–Trinajstić information content (AvgIpc) is 2.81. The summed E-state index contributed by atoms with van der Waals surface area (Å²) in [6.45, 7) is 3.20. The van der Waals surface area contributed by atoms with Crippen molar-refractivity contribution in [2.75, 3.05) is 26.2 Å². The second-order valence-electron chi connectivity index (χ2n) is 8.04. The molecule has 6 bridgehead atoms. The minimum Gasteiger partial charge on any atom is -0.313 e. The van der Waals surface area contributed by atoms with Crippen LogP contribution in [0.1, 0.15) is 11.1 Å². The predicted molar refractivity (Wildman–Crippen MR) is 132 cm³/mol. The largest absolute Gasteiger partial charge is 0.313 e. The molecule has 0 aliphatic carbocycles. The van der Waals surface area contributed by atoms with Crippen LogP contribution in [0.15, 0.2) is 76.7 Å². The number of benzene rings is 4. The highest BCUT2D eigenvalue weighted by Crippen LogP contribution is 2.31. The lowest BCUT2D eigenvalue weighted by molar-refractivity contribution is 0.699. The van der Waals surface area contributed by atoms with Crippen LogP contribution in [0.4, 0.5) is 0 Å². The Morgan fingerprint density at radius 1 is 0.548 bits per heavy atom. The van der Waals surface area contributed by atoms with E-state index in [0.717, 1.165) is 69.9 Å². The molecule has 5 aromatic rings. The van der Waals surface area contributed by atoms with Crippen LogP contribution in [-0.4, -0.2) is 43.6 Å². The number of hydrogen-bond acceptors (Lipinski definition) is 4. The van der Waals surface area contributed by atoms with Crippen molar-refractivity contribution in [1.29, 1.82) is 0 Å². The van der Waals surface area contributed by atoms with Crippen molar-refractivity contribution < 1.29 is 0 Å². The third kappa shape index (κ3) is 3.35. The Morgan fingerprint density at radius 2 is 1.03 bits per heavy atom. The van der Waals surface area contributed by atoms with Gasteiger partial charge in [-0.15, -0.1) is 0 Å². The van der Waals surface area contributed by atoms with E-state index in [-0.39, 0.29) is 0 Å². The zero-order valence-corrected chi connectivity index (χ0v) is 17.2. The molecular weight excluding hydrogens is 380 g/mol. The molecule has 0 saturated carbocycles. The van der Waals surface area contributed by atoms with Crippen LogP contribution in [0.5, 0.6) is 0 Å². The van der Waals surface area contributed by atoms with Gasteiger partial charge in [-0.1, -0.05) is 48.5 Å². The molecule has 0 unspecified atom stereocenters. The van der Waals surface area contributed by atoms with Crippen LogP contribution < -0.4 is 5.32 Å². The Balaban J connectivity index is 1.68. The van der Waals surface area contributed by atoms with E-state index in [1.165, 1.54) is 10.8 Å². The lowest BCUT2D eigenvalue weighted by atomic mass is 10.00. The van der Waals surface area contributed by atoms with Gasteiger partial charge >= 0.3 is 0 Å². The fourth-order valence-corrected chi connectivity index (χ4v) is 4.35. The van der Waals surface area contributed by atoms with Crippen molar-refractivity contribution in [2.45, 2.75) is 0 Å². The van der Waals surface area contributed by atoms with Crippen LogP contribution in [-0.2, 0) is 0 Å². The number of nitrogens with zero attached hydrogens (tertiary/aromatic N) is 3. The summed E-state index contributed by atoms with van der Waals surface area (Å²) in [5.41, 5.74) is 4.28. The van der Waals surface area contributed by atoms with Gasteiger partial charge in [-0.05, 0) is 40.1 Å². The minimum absolute atomic E-state index is 0.750. The smallest absolute Gasteiger partial charge is 0.0788 e. The van der Waals surface area contributed by atoms with Crippen LogP contribution in [0.3, 0.4) is 0 Å². The van der Waals surface area contributed by atoms with Gasteiger partial charge in [0.1, 0.15) is 0 Å². The monoisotopic (exact) mass is 402 g/mol. The fourth-order valence-electron chi connectivity index (χ4n) is 4.35. The van der Waals surface area contributed by atoms with E-state index < -0.39 is 0 Å². The summed E-state index contributed by atoms with van der Waals surface area (Å²) in [5, 5.41) is 10.4. The molecule has 0 radical (unpaired) electrons. The molecule has 0 spiro atoms. The highest BCUT2D eigenvalue weighted by molar-refractivity contribution is 6.14. The van der Waals surface area contributed by atoms with Crippen LogP contribution >= 0.6 is 0 Å². The first kappa shape index (κ1) is 18.2. The summed E-state index contributed by atoms with van der Waals surface area (Å²) in [7, 11) is 0. The van der Waals surface area contributed by atoms with Gasteiger partial charge in [0.05, 0.1) is 24.1 Å². The van der Waals surface area contributed by atoms with E-state index >= 15 is 0 Å². The van der Waals surface area contributed by atoms with Gasteiger partial charge in [0.25, 0.3) is 0 Å². The third-order valence-electron chi connectivity index (χ3n) is 5.95. The van der Waals surface area contributed by atoms with Gasteiger partial charge < -0.3 is 5.32 Å². The molecule has 2 heterocycles. The molecule has 4 heteroatoms. The molecule has 0 atom stereocenters. The van der Waals surface area contributed by atoms with Crippen molar-refractivity contribution in [1.82, 2.24) is 10.3 Å². The topological polar surface area (TPSA) is 49.6 Å².